The Morgan fingerprint density at radius 1 is 0.889 bits per heavy atom. The van der Waals surface area contributed by atoms with Crippen LogP contribution in [0.15, 0.2) is 48.5 Å². The van der Waals surface area contributed by atoms with Crippen LogP contribution in [0, 0.1) is 0 Å². The molecule has 0 unspecified atom stereocenters. The number of hydrogen-bond donors (Lipinski definition) is 0. The molecule has 0 spiro atoms. The van der Waals surface area contributed by atoms with Crippen molar-refractivity contribution in [2.75, 3.05) is 0 Å². The van der Waals surface area contributed by atoms with Gasteiger partial charge in [-0.25, -0.2) is 0 Å². The number of carbonyl (C=O) groups is 1. The minimum atomic E-state index is -4.46. The zero-order valence-electron chi connectivity index (χ0n) is 9.24. The molecule has 0 fully saturated rings. The summed E-state index contributed by atoms with van der Waals surface area (Å²) < 4.78 is 38.1. The van der Waals surface area contributed by atoms with Gasteiger partial charge in [0.15, 0.2) is 0 Å². The van der Waals surface area contributed by atoms with E-state index in [1.165, 1.54) is 6.07 Å². The molecule has 0 heterocycles. The van der Waals surface area contributed by atoms with E-state index < -0.39 is 11.7 Å². The molecule has 0 aliphatic rings. The quantitative estimate of drug-likeness (QED) is 0.730. The first-order valence-corrected chi connectivity index (χ1v) is 5.23. The van der Waals surface area contributed by atoms with Crippen LogP contribution in [0.3, 0.4) is 0 Å². The van der Waals surface area contributed by atoms with E-state index in [0.29, 0.717) is 17.4 Å². The standard InChI is InChI=1S/C14H9F3O/c15-14(16,17)13-7-10(9-18)6-12(8-13)11-4-2-1-3-5-11/h1-9H. The fraction of sp³-hybridized carbons (Fsp3) is 0.0714. The minimum absolute atomic E-state index is 0.0173. The van der Waals surface area contributed by atoms with Crippen LogP contribution in [0.2, 0.25) is 0 Å². The molecule has 2 aromatic carbocycles. The van der Waals surface area contributed by atoms with Gasteiger partial charge in [-0.15, -0.1) is 0 Å². The van der Waals surface area contributed by atoms with E-state index in [1.807, 2.05) is 0 Å². The molecule has 0 atom stereocenters. The van der Waals surface area contributed by atoms with Crippen molar-refractivity contribution in [3.8, 4) is 11.1 Å². The number of carbonyl (C=O) groups excluding carboxylic acids is 1. The third-order valence-corrected chi connectivity index (χ3v) is 2.53. The van der Waals surface area contributed by atoms with Crippen LogP contribution >= 0.6 is 0 Å². The Morgan fingerprint density at radius 3 is 2.11 bits per heavy atom. The summed E-state index contributed by atoms with van der Waals surface area (Å²) >= 11 is 0. The number of aldehydes is 1. The molecule has 0 N–H and O–H groups in total. The summed E-state index contributed by atoms with van der Waals surface area (Å²) in [6, 6.07) is 12.0. The Balaban J connectivity index is 2.58. The van der Waals surface area contributed by atoms with Gasteiger partial charge in [0.05, 0.1) is 5.56 Å². The van der Waals surface area contributed by atoms with Gasteiger partial charge in [0, 0.05) is 5.56 Å². The molecule has 0 radical (unpaired) electrons. The van der Waals surface area contributed by atoms with Gasteiger partial charge in [0.2, 0.25) is 0 Å². The Labute approximate surface area is 102 Å². The molecule has 0 aliphatic carbocycles. The van der Waals surface area contributed by atoms with Crippen LogP contribution in [0.4, 0.5) is 13.2 Å². The average Bonchev–Trinajstić information content (AvgIpc) is 2.38. The predicted octanol–water partition coefficient (Wildman–Crippen LogP) is 4.18. The van der Waals surface area contributed by atoms with Gasteiger partial charge in [0.25, 0.3) is 0 Å². The lowest BCUT2D eigenvalue weighted by atomic mass is 10.00. The summed E-state index contributed by atoms with van der Waals surface area (Å²) in [6.07, 6.45) is -4.04. The summed E-state index contributed by atoms with van der Waals surface area (Å²) in [5, 5.41) is 0. The fourth-order valence-electron chi connectivity index (χ4n) is 1.68. The van der Waals surface area contributed by atoms with Crippen LogP contribution in [0.1, 0.15) is 15.9 Å². The summed E-state index contributed by atoms with van der Waals surface area (Å²) in [5.74, 6) is 0. The molecule has 92 valence electrons. The smallest absolute Gasteiger partial charge is 0.298 e. The Hall–Kier alpha value is -2.10. The third-order valence-electron chi connectivity index (χ3n) is 2.53. The second-order valence-electron chi connectivity index (χ2n) is 3.83. The highest BCUT2D eigenvalue weighted by molar-refractivity contribution is 5.79. The van der Waals surface area contributed by atoms with Gasteiger partial charge in [-0.2, -0.15) is 13.2 Å². The number of hydrogen-bond acceptors (Lipinski definition) is 1. The van der Waals surface area contributed by atoms with E-state index in [-0.39, 0.29) is 5.56 Å². The molecule has 18 heavy (non-hydrogen) atoms. The van der Waals surface area contributed by atoms with E-state index in [2.05, 4.69) is 0 Å². The first-order chi connectivity index (χ1) is 8.50. The molecular weight excluding hydrogens is 241 g/mol. The maximum Gasteiger partial charge on any atom is 0.416 e. The lowest BCUT2D eigenvalue weighted by Crippen LogP contribution is -2.05. The molecule has 0 aromatic heterocycles. The van der Waals surface area contributed by atoms with Crippen molar-refractivity contribution in [1.82, 2.24) is 0 Å². The van der Waals surface area contributed by atoms with Crippen molar-refractivity contribution < 1.29 is 18.0 Å². The normalized spacial score (nSPS) is 11.3. The van der Waals surface area contributed by atoms with Crippen LogP contribution in [0.5, 0.6) is 0 Å². The van der Waals surface area contributed by atoms with Gasteiger partial charge in [-0.1, -0.05) is 30.3 Å². The Kier molecular flexibility index (Phi) is 3.19. The first-order valence-electron chi connectivity index (χ1n) is 5.23. The zero-order chi connectivity index (χ0) is 13.2. The fourth-order valence-corrected chi connectivity index (χ4v) is 1.68. The molecule has 1 nitrogen and oxygen atoms in total. The number of halogens is 3. The maximum atomic E-state index is 12.7. The molecule has 2 aromatic rings. The molecule has 2 rings (SSSR count). The van der Waals surface area contributed by atoms with Crippen molar-refractivity contribution in [2.24, 2.45) is 0 Å². The molecule has 4 heteroatoms. The van der Waals surface area contributed by atoms with Gasteiger partial charge in [-0.3, -0.25) is 4.79 Å². The second kappa shape index (κ2) is 4.64. The van der Waals surface area contributed by atoms with Crippen LogP contribution in [0.25, 0.3) is 11.1 Å². The second-order valence-corrected chi connectivity index (χ2v) is 3.83. The van der Waals surface area contributed by atoms with Crippen LogP contribution < -0.4 is 0 Å². The third kappa shape index (κ3) is 2.59. The monoisotopic (exact) mass is 250 g/mol. The van der Waals surface area contributed by atoms with Gasteiger partial charge in [0.1, 0.15) is 6.29 Å². The van der Waals surface area contributed by atoms with Crippen molar-refractivity contribution >= 4 is 6.29 Å². The van der Waals surface area contributed by atoms with Gasteiger partial charge in [-0.05, 0) is 29.3 Å². The Morgan fingerprint density at radius 2 is 1.56 bits per heavy atom. The van der Waals surface area contributed by atoms with E-state index >= 15 is 0 Å². The lowest BCUT2D eigenvalue weighted by molar-refractivity contribution is -0.137. The Bertz CT molecular complexity index is 559. The SMILES string of the molecule is O=Cc1cc(-c2ccccc2)cc(C(F)(F)F)c1. The molecule has 0 saturated heterocycles. The summed E-state index contributed by atoms with van der Waals surface area (Å²) in [5.41, 5.74) is 0.230. The van der Waals surface area contributed by atoms with Crippen molar-refractivity contribution in [3.63, 3.8) is 0 Å². The van der Waals surface area contributed by atoms with E-state index in [1.54, 1.807) is 30.3 Å². The van der Waals surface area contributed by atoms with E-state index in [9.17, 15) is 18.0 Å². The van der Waals surface area contributed by atoms with Gasteiger partial charge >= 0.3 is 6.18 Å². The molecular formula is C14H9F3O. The molecule has 0 amide bonds. The topological polar surface area (TPSA) is 17.1 Å². The minimum Gasteiger partial charge on any atom is -0.298 e. The predicted molar refractivity (Wildman–Crippen MR) is 62.3 cm³/mol. The molecule has 0 saturated carbocycles. The number of benzene rings is 2. The molecule has 0 bridgehead atoms. The van der Waals surface area contributed by atoms with Crippen molar-refractivity contribution in [3.05, 3.63) is 59.7 Å². The lowest BCUT2D eigenvalue weighted by Gasteiger charge is -2.10. The van der Waals surface area contributed by atoms with E-state index in [4.69, 9.17) is 0 Å². The average molecular weight is 250 g/mol. The highest BCUT2D eigenvalue weighted by Gasteiger charge is 2.31. The van der Waals surface area contributed by atoms with E-state index in [0.717, 1.165) is 12.1 Å². The highest BCUT2D eigenvalue weighted by Crippen LogP contribution is 2.33. The maximum absolute atomic E-state index is 12.7. The van der Waals surface area contributed by atoms with Crippen molar-refractivity contribution in [1.29, 1.82) is 0 Å². The largest absolute Gasteiger partial charge is 0.416 e. The van der Waals surface area contributed by atoms with Crippen LogP contribution in [-0.4, -0.2) is 6.29 Å². The zero-order valence-corrected chi connectivity index (χ0v) is 9.24. The van der Waals surface area contributed by atoms with Crippen LogP contribution in [-0.2, 0) is 6.18 Å². The highest BCUT2D eigenvalue weighted by atomic mass is 19.4. The number of alkyl halides is 3. The summed E-state index contributed by atoms with van der Waals surface area (Å²) in [7, 11) is 0. The number of rotatable bonds is 2. The van der Waals surface area contributed by atoms with Crippen molar-refractivity contribution in [2.45, 2.75) is 6.18 Å². The summed E-state index contributed by atoms with van der Waals surface area (Å²) in [4.78, 5) is 10.7. The first kappa shape index (κ1) is 12.4. The summed E-state index contributed by atoms with van der Waals surface area (Å²) in [6.45, 7) is 0. The molecule has 0 aliphatic heterocycles. The van der Waals surface area contributed by atoms with Gasteiger partial charge < -0.3 is 0 Å².